The molecular weight excluding hydrogens is 386 g/mol. The van der Waals surface area contributed by atoms with Gasteiger partial charge in [-0.15, -0.1) is 0 Å². The highest BCUT2D eigenvalue weighted by Crippen LogP contribution is 2.42. The summed E-state index contributed by atoms with van der Waals surface area (Å²) in [5.41, 5.74) is 0. The van der Waals surface area contributed by atoms with Crippen LogP contribution in [0, 0.1) is 11.8 Å². The first-order chi connectivity index (χ1) is 14.0. The van der Waals surface area contributed by atoms with Crippen molar-refractivity contribution in [3.63, 3.8) is 0 Å². The van der Waals surface area contributed by atoms with E-state index in [1.54, 1.807) is 14.2 Å². The van der Waals surface area contributed by atoms with Crippen molar-refractivity contribution in [1.29, 1.82) is 0 Å². The third-order valence-corrected chi connectivity index (χ3v) is 7.01. The third-order valence-electron chi connectivity index (χ3n) is 7.01. The minimum atomic E-state index is -1.47. The number of rotatable bonds is 5. The summed E-state index contributed by atoms with van der Waals surface area (Å²) in [4.78, 5) is 0. The van der Waals surface area contributed by atoms with Gasteiger partial charge in [-0.3, -0.25) is 5.32 Å². The van der Waals surface area contributed by atoms with Gasteiger partial charge >= 0.3 is 0 Å². The number of ether oxygens (including phenoxy) is 5. The van der Waals surface area contributed by atoms with E-state index in [2.05, 4.69) is 5.32 Å². The number of hydrogen-bond donors (Lipinski definition) is 5. The van der Waals surface area contributed by atoms with Crippen LogP contribution in [0.5, 0.6) is 0 Å². The van der Waals surface area contributed by atoms with Gasteiger partial charge in [0.2, 0.25) is 0 Å². The van der Waals surface area contributed by atoms with Gasteiger partial charge in [-0.1, -0.05) is 0 Å². The zero-order valence-corrected chi connectivity index (χ0v) is 16.8. The molecule has 0 spiro atoms. The van der Waals surface area contributed by atoms with E-state index in [9.17, 15) is 20.4 Å². The number of aliphatic hydroxyl groups excluding tert-OH is 4. The number of fused-ring (bicyclic) bond motifs is 2. The molecule has 0 bridgehead atoms. The van der Waals surface area contributed by atoms with Crippen LogP contribution in [0.4, 0.5) is 0 Å². The summed E-state index contributed by atoms with van der Waals surface area (Å²) in [5.74, 6) is 0.546. The molecule has 1 saturated carbocycles. The maximum atomic E-state index is 10.3. The van der Waals surface area contributed by atoms with E-state index >= 15 is 0 Å². The highest BCUT2D eigenvalue weighted by Gasteiger charge is 2.54. The second-order valence-corrected chi connectivity index (χ2v) is 8.45. The number of methoxy groups -OCH3 is 2. The average molecular weight is 419 g/mol. The number of nitrogens with one attached hydrogen (secondary N) is 1. The number of hydrogen-bond acceptors (Lipinski definition) is 10. The quantitative estimate of drug-likeness (QED) is 0.338. The topological polar surface area (TPSA) is 139 Å². The molecule has 5 N–H and O–H groups in total. The Morgan fingerprint density at radius 3 is 2.38 bits per heavy atom. The molecule has 0 amide bonds. The molecule has 4 fully saturated rings. The van der Waals surface area contributed by atoms with Crippen molar-refractivity contribution in [2.45, 2.75) is 80.5 Å². The van der Waals surface area contributed by atoms with Crippen LogP contribution in [0.2, 0.25) is 0 Å². The van der Waals surface area contributed by atoms with E-state index in [1.807, 2.05) is 0 Å². The van der Waals surface area contributed by atoms with Gasteiger partial charge in [-0.05, 0) is 19.3 Å². The molecule has 1 aliphatic carbocycles. The van der Waals surface area contributed by atoms with Gasteiger partial charge in [-0.2, -0.15) is 0 Å². The summed E-state index contributed by atoms with van der Waals surface area (Å²) < 4.78 is 29.0. The van der Waals surface area contributed by atoms with Crippen LogP contribution in [-0.2, 0) is 23.7 Å². The SMILES string of the molecule is COC1C2CCOC2NC2C1CCC(OC1OC(CO)C(O)C(O)C1O)C2OC. The van der Waals surface area contributed by atoms with Gasteiger partial charge in [0, 0.05) is 38.7 Å². The average Bonchev–Trinajstić information content (AvgIpc) is 3.20. The van der Waals surface area contributed by atoms with E-state index in [0.717, 1.165) is 12.8 Å². The van der Waals surface area contributed by atoms with E-state index < -0.39 is 43.4 Å². The lowest BCUT2D eigenvalue weighted by Gasteiger charge is -2.52. The molecule has 3 saturated heterocycles. The fourth-order valence-corrected chi connectivity index (χ4v) is 5.53. The Labute approximate surface area is 170 Å². The normalized spacial score (nSPS) is 52.8. The van der Waals surface area contributed by atoms with E-state index in [-0.39, 0.29) is 30.4 Å². The van der Waals surface area contributed by atoms with Gasteiger partial charge in [0.05, 0.1) is 24.9 Å². The lowest BCUT2D eigenvalue weighted by Crippen LogP contribution is -2.67. The molecule has 10 heteroatoms. The first-order valence-electron chi connectivity index (χ1n) is 10.4. The van der Waals surface area contributed by atoms with Crippen molar-refractivity contribution in [2.24, 2.45) is 11.8 Å². The molecule has 0 aromatic carbocycles. The molecule has 3 heterocycles. The summed E-state index contributed by atoms with van der Waals surface area (Å²) in [6.45, 7) is 0.204. The first kappa shape index (κ1) is 21.8. The highest BCUT2D eigenvalue weighted by molar-refractivity contribution is 5.05. The van der Waals surface area contributed by atoms with Crippen molar-refractivity contribution in [1.82, 2.24) is 5.32 Å². The van der Waals surface area contributed by atoms with Gasteiger partial charge in [0.25, 0.3) is 0 Å². The molecule has 12 atom stereocenters. The summed E-state index contributed by atoms with van der Waals surface area (Å²) in [6, 6.07) is -0.0621. The highest BCUT2D eigenvalue weighted by atomic mass is 16.7. The van der Waals surface area contributed by atoms with Crippen molar-refractivity contribution < 1.29 is 44.1 Å². The number of piperidine rings is 1. The summed E-state index contributed by atoms with van der Waals surface area (Å²) in [5, 5.41) is 43.2. The molecule has 0 aromatic rings. The predicted octanol–water partition coefficient (Wildman–Crippen LogP) is -2.05. The first-order valence-corrected chi connectivity index (χ1v) is 10.4. The zero-order chi connectivity index (χ0) is 20.7. The Morgan fingerprint density at radius 2 is 1.69 bits per heavy atom. The van der Waals surface area contributed by atoms with Crippen LogP contribution in [0.3, 0.4) is 0 Å². The Balaban J connectivity index is 1.48. The van der Waals surface area contributed by atoms with Crippen LogP contribution in [0.15, 0.2) is 0 Å². The molecule has 10 nitrogen and oxygen atoms in total. The lowest BCUT2D eigenvalue weighted by atomic mass is 9.70. The third kappa shape index (κ3) is 3.84. The van der Waals surface area contributed by atoms with Gasteiger partial charge in [-0.25, -0.2) is 0 Å². The fourth-order valence-electron chi connectivity index (χ4n) is 5.53. The monoisotopic (exact) mass is 419 g/mol. The maximum absolute atomic E-state index is 10.3. The van der Waals surface area contributed by atoms with Crippen LogP contribution < -0.4 is 5.32 Å². The summed E-state index contributed by atoms with van der Waals surface area (Å²) >= 11 is 0. The fraction of sp³-hybridized carbons (Fsp3) is 1.00. The Hall–Kier alpha value is -0.400. The van der Waals surface area contributed by atoms with Crippen LogP contribution in [-0.4, -0.2) is 109 Å². The van der Waals surface area contributed by atoms with E-state index in [1.165, 1.54) is 0 Å². The van der Waals surface area contributed by atoms with Gasteiger partial charge < -0.3 is 44.1 Å². The Morgan fingerprint density at radius 1 is 0.931 bits per heavy atom. The molecule has 12 unspecified atom stereocenters. The lowest BCUT2D eigenvalue weighted by molar-refractivity contribution is -0.323. The largest absolute Gasteiger partial charge is 0.394 e. The predicted molar refractivity (Wildman–Crippen MR) is 97.7 cm³/mol. The van der Waals surface area contributed by atoms with Crippen molar-refractivity contribution in [3.8, 4) is 0 Å². The second kappa shape index (κ2) is 8.99. The van der Waals surface area contributed by atoms with Crippen molar-refractivity contribution in [3.05, 3.63) is 0 Å². The molecule has 4 rings (SSSR count). The molecule has 29 heavy (non-hydrogen) atoms. The molecule has 4 aliphatic rings. The molecule has 3 aliphatic heterocycles. The minimum absolute atomic E-state index is 0.0621. The maximum Gasteiger partial charge on any atom is 0.187 e. The zero-order valence-electron chi connectivity index (χ0n) is 16.8. The van der Waals surface area contributed by atoms with Gasteiger partial charge in [0.1, 0.15) is 30.6 Å². The second-order valence-electron chi connectivity index (χ2n) is 8.45. The summed E-state index contributed by atoms with van der Waals surface area (Å²) in [7, 11) is 3.35. The molecule has 0 aromatic heterocycles. The Bertz CT molecular complexity index is 552. The minimum Gasteiger partial charge on any atom is -0.394 e. The van der Waals surface area contributed by atoms with Crippen LogP contribution >= 0.6 is 0 Å². The molecule has 0 radical (unpaired) electrons. The molecule has 168 valence electrons. The van der Waals surface area contributed by atoms with Crippen LogP contribution in [0.25, 0.3) is 0 Å². The van der Waals surface area contributed by atoms with Crippen LogP contribution in [0.1, 0.15) is 19.3 Å². The smallest absolute Gasteiger partial charge is 0.187 e. The van der Waals surface area contributed by atoms with E-state index in [4.69, 9.17) is 23.7 Å². The Kier molecular flexibility index (Phi) is 6.77. The number of aliphatic hydroxyl groups is 4. The standard InChI is InChI=1S/C19H33NO9/c1-25-16-8-3-4-10(17(26-2)12(8)20-18-9(16)5-6-27-18)28-19-15(24)14(23)13(22)11(7-21)29-19/h8-24H,3-7H2,1-2H3. The van der Waals surface area contributed by atoms with Gasteiger partial charge in [0.15, 0.2) is 6.29 Å². The molecular formula is C19H33NO9. The van der Waals surface area contributed by atoms with Crippen molar-refractivity contribution >= 4 is 0 Å². The summed E-state index contributed by atoms with van der Waals surface area (Å²) in [6.07, 6.45) is -4.83. The van der Waals surface area contributed by atoms with Crippen molar-refractivity contribution in [2.75, 3.05) is 27.4 Å². The van der Waals surface area contributed by atoms with E-state index in [0.29, 0.717) is 18.9 Å².